The van der Waals surface area contributed by atoms with E-state index >= 15 is 0 Å². The summed E-state index contributed by atoms with van der Waals surface area (Å²) < 4.78 is 5.49. The van der Waals surface area contributed by atoms with Gasteiger partial charge in [0.15, 0.2) is 0 Å². The van der Waals surface area contributed by atoms with Gasteiger partial charge < -0.3 is 20.3 Å². The molecule has 0 aliphatic heterocycles. The fourth-order valence-corrected chi connectivity index (χ4v) is 9.76. The molecule has 0 fully saturated rings. The molecule has 0 heterocycles. The molecule has 6 heteroatoms. The Morgan fingerprint density at radius 3 is 0.924 bits per heavy atom. The molecule has 0 aliphatic rings. The molecule has 6 nitrogen and oxygen atoms in total. The average Bonchev–Trinajstić information content (AvgIpc) is 3.32. The largest absolute Gasteiger partial charge is 0.466 e. The Hall–Kier alpha value is -1.14. The van der Waals surface area contributed by atoms with Gasteiger partial charge >= 0.3 is 5.97 Å². The maximum atomic E-state index is 12.4. The zero-order valence-electron chi connectivity index (χ0n) is 45.0. The summed E-state index contributed by atoms with van der Waals surface area (Å²) in [6.45, 7) is 4.97. The molecule has 0 aromatic rings. The fourth-order valence-electron chi connectivity index (χ4n) is 9.76. The third-order valence-corrected chi connectivity index (χ3v) is 14.4. The van der Waals surface area contributed by atoms with E-state index in [-0.39, 0.29) is 18.5 Å². The topological polar surface area (TPSA) is 95.9 Å². The summed E-state index contributed by atoms with van der Waals surface area (Å²) in [7, 11) is 0. The molecule has 0 aromatic heterocycles. The van der Waals surface area contributed by atoms with E-state index in [2.05, 4.69) is 19.2 Å². The predicted octanol–water partition coefficient (Wildman–Crippen LogP) is 18.7. The van der Waals surface area contributed by atoms with Gasteiger partial charge in [-0.25, -0.2) is 0 Å². The van der Waals surface area contributed by atoms with Gasteiger partial charge in [0.2, 0.25) is 5.91 Å². The summed E-state index contributed by atoms with van der Waals surface area (Å²) >= 11 is 0. The minimum Gasteiger partial charge on any atom is -0.466 e. The van der Waals surface area contributed by atoms with E-state index < -0.39 is 12.1 Å². The Labute approximate surface area is 413 Å². The van der Waals surface area contributed by atoms with Gasteiger partial charge in [0.1, 0.15) is 0 Å². The zero-order valence-corrected chi connectivity index (χ0v) is 45.0. The van der Waals surface area contributed by atoms with Crippen molar-refractivity contribution in [2.45, 2.75) is 360 Å². The lowest BCUT2D eigenvalue weighted by Gasteiger charge is -2.22. The molecular weight excluding hydrogens is 815 g/mol. The highest BCUT2D eigenvalue weighted by atomic mass is 16.5. The van der Waals surface area contributed by atoms with Crippen LogP contribution in [0.3, 0.4) is 0 Å². The second kappa shape index (κ2) is 56.4. The number of aliphatic hydroxyl groups is 2. The van der Waals surface area contributed by atoms with E-state index in [0.29, 0.717) is 25.9 Å². The molecule has 0 aliphatic carbocycles. The van der Waals surface area contributed by atoms with E-state index in [1.54, 1.807) is 0 Å². The standard InChI is InChI=1S/C60H119NO5/c1-3-5-7-9-11-13-15-16-31-34-38-42-46-50-54-60(65)66-55-51-47-43-39-35-32-29-27-25-23-21-19-17-18-20-22-24-26-28-30-33-37-41-45-49-53-59(64)61-57(56-62)58(63)52-48-44-40-36-14-12-10-8-6-4-2/h57-58,62-63H,3-56H2,1-2H3,(H,61,64). The van der Waals surface area contributed by atoms with Crippen LogP contribution in [0.1, 0.15) is 348 Å². The first-order valence-corrected chi connectivity index (χ1v) is 30.3. The summed E-state index contributed by atoms with van der Waals surface area (Å²) in [5, 5.41) is 23.2. The molecule has 2 atom stereocenters. The number of rotatable bonds is 57. The Balaban J connectivity index is 3.31. The lowest BCUT2D eigenvalue weighted by Crippen LogP contribution is -2.45. The molecule has 0 saturated heterocycles. The van der Waals surface area contributed by atoms with Crippen LogP contribution in [0, 0.1) is 0 Å². The monoisotopic (exact) mass is 934 g/mol. The van der Waals surface area contributed by atoms with E-state index in [0.717, 1.165) is 38.5 Å². The van der Waals surface area contributed by atoms with Gasteiger partial charge in [0.25, 0.3) is 0 Å². The minimum atomic E-state index is -0.659. The van der Waals surface area contributed by atoms with Crippen molar-refractivity contribution in [2.75, 3.05) is 13.2 Å². The molecule has 0 aromatic carbocycles. The maximum absolute atomic E-state index is 12.4. The van der Waals surface area contributed by atoms with Gasteiger partial charge in [-0.15, -0.1) is 0 Å². The summed E-state index contributed by atoms with van der Waals surface area (Å²) in [6.07, 6.45) is 65.5. The Morgan fingerprint density at radius 2 is 0.621 bits per heavy atom. The van der Waals surface area contributed by atoms with Crippen LogP contribution in [0.2, 0.25) is 0 Å². The highest BCUT2D eigenvalue weighted by molar-refractivity contribution is 5.76. The third kappa shape index (κ3) is 52.2. The van der Waals surface area contributed by atoms with E-state index in [1.807, 2.05) is 0 Å². The van der Waals surface area contributed by atoms with Gasteiger partial charge in [-0.1, -0.05) is 309 Å². The van der Waals surface area contributed by atoms with Crippen LogP contribution in [0.25, 0.3) is 0 Å². The van der Waals surface area contributed by atoms with E-state index in [9.17, 15) is 19.8 Å². The Kier molecular flexibility index (Phi) is 55.5. The molecule has 394 valence electrons. The number of carbonyl (C=O) groups is 2. The highest BCUT2D eigenvalue weighted by Gasteiger charge is 2.20. The smallest absolute Gasteiger partial charge is 0.305 e. The lowest BCUT2D eigenvalue weighted by atomic mass is 10.0. The summed E-state index contributed by atoms with van der Waals surface area (Å²) in [5.41, 5.74) is 0. The first kappa shape index (κ1) is 64.9. The van der Waals surface area contributed by atoms with Gasteiger partial charge in [-0.3, -0.25) is 9.59 Å². The van der Waals surface area contributed by atoms with Crippen molar-refractivity contribution in [3.05, 3.63) is 0 Å². The second-order valence-corrected chi connectivity index (χ2v) is 21.1. The normalized spacial score (nSPS) is 12.5. The Bertz CT molecular complexity index is 944. The van der Waals surface area contributed by atoms with Crippen LogP contribution in [0.5, 0.6) is 0 Å². The molecule has 0 bridgehead atoms. The average molecular weight is 935 g/mol. The number of aliphatic hydroxyl groups excluding tert-OH is 2. The van der Waals surface area contributed by atoms with Crippen molar-refractivity contribution in [2.24, 2.45) is 0 Å². The van der Waals surface area contributed by atoms with E-state index in [4.69, 9.17) is 4.74 Å². The third-order valence-electron chi connectivity index (χ3n) is 14.4. The van der Waals surface area contributed by atoms with Crippen LogP contribution in [0.4, 0.5) is 0 Å². The highest BCUT2D eigenvalue weighted by Crippen LogP contribution is 2.18. The van der Waals surface area contributed by atoms with Crippen molar-refractivity contribution in [1.29, 1.82) is 0 Å². The quantitative estimate of drug-likeness (QED) is 0.0417. The number of nitrogens with one attached hydrogen (secondary N) is 1. The number of ether oxygens (including phenoxy) is 1. The van der Waals surface area contributed by atoms with Gasteiger partial charge in [0.05, 0.1) is 25.4 Å². The number of hydrogen-bond acceptors (Lipinski definition) is 5. The molecule has 0 spiro atoms. The summed E-state index contributed by atoms with van der Waals surface area (Å²) in [6, 6.07) is -0.537. The van der Waals surface area contributed by atoms with Crippen LogP contribution in [-0.2, 0) is 14.3 Å². The van der Waals surface area contributed by atoms with Gasteiger partial charge in [-0.05, 0) is 25.7 Å². The molecule has 1 amide bonds. The second-order valence-electron chi connectivity index (χ2n) is 21.1. The predicted molar refractivity (Wildman–Crippen MR) is 287 cm³/mol. The molecular formula is C60H119NO5. The van der Waals surface area contributed by atoms with Gasteiger partial charge in [0, 0.05) is 12.8 Å². The number of esters is 1. The van der Waals surface area contributed by atoms with Crippen molar-refractivity contribution < 1.29 is 24.5 Å². The molecule has 66 heavy (non-hydrogen) atoms. The first-order chi connectivity index (χ1) is 32.5. The molecule has 3 N–H and O–H groups in total. The van der Waals surface area contributed by atoms with Crippen molar-refractivity contribution in [3.63, 3.8) is 0 Å². The van der Waals surface area contributed by atoms with Crippen molar-refractivity contribution in [3.8, 4) is 0 Å². The van der Waals surface area contributed by atoms with Crippen molar-refractivity contribution >= 4 is 11.9 Å². The van der Waals surface area contributed by atoms with E-state index in [1.165, 1.54) is 276 Å². The summed E-state index contributed by atoms with van der Waals surface area (Å²) in [5.74, 6) is -0.0136. The summed E-state index contributed by atoms with van der Waals surface area (Å²) in [4.78, 5) is 24.5. The molecule has 2 unspecified atom stereocenters. The lowest BCUT2D eigenvalue weighted by molar-refractivity contribution is -0.143. The number of carbonyl (C=O) groups excluding carboxylic acids is 2. The number of amides is 1. The van der Waals surface area contributed by atoms with Crippen LogP contribution < -0.4 is 5.32 Å². The number of hydrogen-bond donors (Lipinski definition) is 3. The molecule has 0 rings (SSSR count). The van der Waals surface area contributed by atoms with Crippen LogP contribution in [-0.4, -0.2) is 47.4 Å². The maximum Gasteiger partial charge on any atom is 0.305 e. The van der Waals surface area contributed by atoms with Gasteiger partial charge in [-0.2, -0.15) is 0 Å². The first-order valence-electron chi connectivity index (χ1n) is 30.3. The van der Waals surface area contributed by atoms with Crippen LogP contribution in [0.15, 0.2) is 0 Å². The number of unbranched alkanes of at least 4 members (excludes halogenated alkanes) is 46. The SMILES string of the molecule is CCCCCCCCCCCCCCCCC(=O)OCCCCCCCCCCCCCCCCCCCCCCCCCCCC(=O)NC(CO)C(O)CCCCCCCCCCCC. The minimum absolute atomic E-state index is 0.0193. The van der Waals surface area contributed by atoms with Crippen LogP contribution >= 0.6 is 0 Å². The zero-order chi connectivity index (χ0) is 47.9. The fraction of sp³-hybridized carbons (Fsp3) is 0.967. The van der Waals surface area contributed by atoms with Crippen molar-refractivity contribution in [1.82, 2.24) is 5.32 Å². The molecule has 0 saturated carbocycles. The Morgan fingerprint density at radius 1 is 0.364 bits per heavy atom. The molecule has 0 radical (unpaired) electrons.